The van der Waals surface area contributed by atoms with Crippen molar-refractivity contribution in [1.29, 1.82) is 0 Å². The monoisotopic (exact) mass is 177 g/mol. The first-order chi connectivity index (χ1) is 5.06. The summed E-state index contributed by atoms with van der Waals surface area (Å²) >= 11 is 1.53. The van der Waals surface area contributed by atoms with E-state index >= 15 is 0 Å². The topological polar surface area (TPSA) is 84.6 Å². The van der Waals surface area contributed by atoms with E-state index in [4.69, 9.17) is 16.6 Å². The lowest BCUT2D eigenvalue weighted by Gasteiger charge is -2.10. The maximum absolute atomic E-state index is 8.69. The fraction of sp³-hybridized carbons (Fsp3) is 0.833. The zero-order valence-electron chi connectivity index (χ0n) is 6.82. The van der Waals surface area contributed by atoms with E-state index in [1.165, 1.54) is 11.8 Å². The number of rotatable bonds is 4. The lowest BCUT2D eigenvalue weighted by molar-refractivity contribution is 0.300. The summed E-state index contributed by atoms with van der Waals surface area (Å²) in [5.74, 6) is 0.0927. The van der Waals surface area contributed by atoms with Crippen LogP contribution in [0.25, 0.3) is 0 Å². The molecule has 0 saturated heterocycles. The molecule has 0 saturated carbocycles. The minimum Gasteiger partial charge on any atom is -0.395 e. The van der Waals surface area contributed by atoms with Gasteiger partial charge in [-0.15, -0.1) is 11.8 Å². The first kappa shape index (κ1) is 10.6. The molecule has 0 amide bonds. The molecule has 0 aliphatic rings. The van der Waals surface area contributed by atoms with Crippen molar-refractivity contribution in [3.63, 3.8) is 0 Å². The van der Waals surface area contributed by atoms with Crippen LogP contribution in [0.5, 0.6) is 0 Å². The van der Waals surface area contributed by atoms with E-state index < -0.39 is 0 Å². The highest BCUT2D eigenvalue weighted by atomic mass is 32.2. The largest absolute Gasteiger partial charge is 0.395 e. The minimum absolute atomic E-state index is 0.0159. The van der Waals surface area contributed by atoms with Crippen LogP contribution < -0.4 is 11.5 Å². The van der Waals surface area contributed by atoms with Gasteiger partial charge < -0.3 is 16.6 Å². The second-order valence-electron chi connectivity index (χ2n) is 2.28. The van der Waals surface area contributed by atoms with Crippen LogP contribution in [0, 0.1) is 0 Å². The predicted molar refractivity (Wildman–Crippen MR) is 49.4 cm³/mol. The molecule has 0 aliphatic heterocycles. The van der Waals surface area contributed by atoms with Gasteiger partial charge in [0.15, 0.2) is 5.96 Å². The first-order valence-electron chi connectivity index (χ1n) is 3.41. The van der Waals surface area contributed by atoms with E-state index in [-0.39, 0.29) is 23.2 Å². The van der Waals surface area contributed by atoms with Gasteiger partial charge in [-0.1, -0.05) is 6.92 Å². The van der Waals surface area contributed by atoms with Gasteiger partial charge in [0, 0.05) is 5.25 Å². The van der Waals surface area contributed by atoms with Crippen LogP contribution in [0.4, 0.5) is 0 Å². The molecule has 0 spiro atoms. The highest BCUT2D eigenvalue weighted by Gasteiger charge is 2.06. The maximum Gasteiger partial charge on any atom is 0.187 e. The minimum atomic E-state index is 0.0159. The molecule has 11 heavy (non-hydrogen) atoms. The summed E-state index contributed by atoms with van der Waals surface area (Å²) in [7, 11) is 0. The molecule has 5 N–H and O–H groups in total. The molecular formula is C6H15N3OS. The maximum atomic E-state index is 8.69. The molecule has 0 aromatic heterocycles. The fourth-order valence-corrected chi connectivity index (χ4v) is 1.56. The van der Waals surface area contributed by atoms with E-state index in [0.717, 1.165) is 0 Å². The summed E-state index contributed by atoms with van der Waals surface area (Å²) in [6.07, 6.45) is 0. The fourth-order valence-electron chi connectivity index (χ4n) is 0.620. The van der Waals surface area contributed by atoms with Crippen LogP contribution in [0.1, 0.15) is 13.8 Å². The number of guanidine groups is 1. The molecular weight excluding hydrogens is 162 g/mol. The SMILES string of the molecule is CC(CO)SC(C)N=C(N)N. The van der Waals surface area contributed by atoms with Crippen molar-refractivity contribution in [2.24, 2.45) is 16.5 Å². The number of aliphatic hydroxyl groups excluding tert-OH is 1. The molecule has 0 radical (unpaired) electrons. The summed E-state index contributed by atoms with van der Waals surface area (Å²) in [6, 6.07) is 0. The average molecular weight is 177 g/mol. The predicted octanol–water partition coefficient (Wildman–Crippen LogP) is -0.280. The first-order valence-corrected chi connectivity index (χ1v) is 4.35. The molecule has 5 heteroatoms. The van der Waals surface area contributed by atoms with Gasteiger partial charge in [-0.05, 0) is 6.92 Å². The van der Waals surface area contributed by atoms with Crippen LogP contribution in [0.2, 0.25) is 0 Å². The van der Waals surface area contributed by atoms with Gasteiger partial charge in [0.1, 0.15) is 0 Å². The summed E-state index contributed by atoms with van der Waals surface area (Å²) in [5.41, 5.74) is 10.3. The molecule has 0 bridgehead atoms. The van der Waals surface area contributed by atoms with Gasteiger partial charge in [0.25, 0.3) is 0 Å². The van der Waals surface area contributed by atoms with Crippen LogP contribution in [-0.4, -0.2) is 28.3 Å². The molecule has 2 unspecified atom stereocenters. The average Bonchev–Trinajstić information content (AvgIpc) is 1.85. The molecule has 66 valence electrons. The van der Waals surface area contributed by atoms with Crippen LogP contribution in [-0.2, 0) is 0 Å². The van der Waals surface area contributed by atoms with E-state index in [0.29, 0.717) is 0 Å². The van der Waals surface area contributed by atoms with Crippen molar-refractivity contribution in [2.75, 3.05) is 6.61 Å². The summed E-state index contributed by atoms with van der Waals surface area (Å²) < 4.78 is 0. The molecule has 0 fully saturated rings. The molecule has 0 rings (SSSR count). The molecule has 0 aromatic carbocycles. The highest BCUT2D eigenvalue weighted by molar-refractivity contribution is 8.00. The second-order valence-corrected chi connectivity index (χ2v) is 4.04. The Labute approximate surface area is 71.1 Å². The second kappa shape index (κ2) is 5.26. The number of nitrogens with two attached hydrogens (primary N) is 2. The summed E-state index contributed by atoms with van der Waals surface area (Å²) in [6.45, 7) is 3.95. The number of thioether (sulfide) groups is 1. The third-order valence-electron chi connectivity index (χ3n) is 1.02. The Kier molecular flexibility index (Phi) is 5.06. The van der Waals surface area contributed by atoms with Crippen molar-refractivity contribution < 1.29 is 5.11 Å². The third-order valence-corrected chi connectivity index (χ3v) is 2.13. The van der Waals surface area contributed by atoms with Gasteiger partial charge in [-0.3, -0.25) is 0 Å². The Morgan fingerprint density at radius 3 is 2.45 bits per heavy atom. The molecule has 0 heterocycles. The normalized spacial score (nSPS) is 15.5. The van der Waals surface area contributed by atoms with Crippen LogP contribution in [0.15, 0.2) is 4.99 Å². The molecule has 0 aliphatic carbocycles. The molecule has 0 aromatic rings. The Morgan fingerprint density at radius 2 is 2.09 bits per heavy atom. The van der Waals surface area contributed by atoms with Crippen molar-refractivity contribution >= 4 is 17.7 Å². The zero-order valence-corrected chi connectivity index (χ0v) is 7.64. The van der Waals surface area contributed by atoms with E-state index in [1.54, 1.807) is 0 Å². The Bertz CT molecular complexity index is 136. The van der Waals surface area contributed by atoms with Crippen LogP contribution in [0.3, 0.4) is 0 Å². The highest BCUT2D eigenvalue weighted by Crippen LogP contribution is 2.17. The quantitative estimate of drug-likeness (QED) is 0.407. The Hall–Kier alpha value is -0.420. The van der Waals surface area contributed by atoms with E-state index in [9.17, 15) is 0 Å². The van der Waals surface area contributed by atoms with Crippen LogP contribution >= 0.6 is 11.8 Å². The van der Waals surface area contributed by atoms with Crippen molar-refractivity contribution in [1.82, 2.24) is 0 Å². The molecule has 4 nitrogen and oxygen atoms in total. The van der Waals surface area contributed by atoms with Gasteiger partial charge in [-0.25, -0.2) is 4.99 Å². The van der Waals surface area contributed by atoms with Crippen molar-refractivity contribution in [3.8, 4) is 0 Å². The smallest absolute Gasteiger partial charge is 0.187 e. The Balaban J connectivity index is 3.69. The Morgan fingerprint density at radius 1 is 1.55 bits per heavy atom. The van der Waals surface area contributed by atoms with Gasteiger partial charge in [0.2, 0.25) is 0 Å². The number of aliphatic imine (C=N–C) groups is 1. The lowest BCUT2D eigenvalue weighted by atomic mass is 10.5. The van der Waals surface area contributed by atoms with Gasteiger partial charge >= 0.3 is 0 Å². The standard InChI is InChI=1S/C6H15N3OS/c1-4(3-10)11-5(2)9-6(7)8/h4-5,10H,3H2,1-2H3,(H4,7,8,9). The number of hydrogen-bond donors (Lipinski definition) is 3. The summed E-state index contributed by atoms with van der Waals surface area (Å²) in [5, 5.41) is 8.88. The number of hydrogen-bond acceptors (Lipinski definition) is 3. The van der Waals surface area contributed by atoms with E-state index in [2.05, 4.69) is 4.99 Å². The number of aliphatic hydroxyl groups is 1. The van der Waals surface area contributed by atoms with Crippen molar-refractivity contribution in [2.45, 2.75) is 24.5 Å². The summed E-state index contributed by atoms with van der Waals surface area (Å²) in [4.78, 5) is 3.89. The van der Waals surface area contributed by atoms with Gasteiger partial charge in [0.05, 0.1) is 12.0 Å². The molecule has 2 atom stereocenters. The van der Waals surface area contributed by atoms with Gasteiger partial charge in [-0.2, -0.15) is 0 Å². The zero-order chi connectivity index (χ0) is 8.85. The lowest BCUT2D eigenvalue weighted by Crippen LogP contribution is -2.24. The van der Waals surface area contributed by atoms with Crippen molar-refractivity contribution in [3.05, 3.63) is 0 Å². The number of nitrogens with zero attached hydrogens (tertiary/aromatic N) is 1. The van der Waals surface area contributed by atoms with E-state index in [1.807, 2.05) is 13.8 Å². The third kappa shape index (κ3) is 6.00.